The molecule has 0 spiro atoms. The Morgan fingerprint density at radius 1 is 0.692 bits per heavy atom. The summed E-state index contributed by atoms with van der Waals surface area (Å²) in [6.07, 6.45) is 2.51. The van der Waals surface area contributed by atoms with E-state index in [9.17, 15) is 5.11 Å². The van der Waals surface area contributed by atoms with Crippen molar-refractivity contribution in [2.75, 3.05) is 0 Å². The van der Waals surface area contributed by atoms with Gasteiger partial charge >= 0.3 is 0 Å². The largest absolute Gasteiger partial charge is 0.385 e. The first-order valence-electron chi connectivity index (χ1n) is 8.67. The number of imidazole rings is 1. The number of aliphatic hydroxyl groups excluding tert-OH is 1. The minimum Gasteiger partial charge on any atom is -0.385 e. The number of aromatic amines is 1. The van der Waals surface area contributed by atoms with Crippen LogP contribution >= 0.6 is 0 Å². The van der Waals surface area contributed by atoms with Crippen LogP contribution in [0.25, 0.3) is 0 Å². The molecule has 1 atom stereocenters. The molecule has 0 fully saturated rings. The number of rotatable bonds is 5. The molecular formula is C23H20N2O. The van der Waals surface area contributed by atoms with Crippen molar-refractivity contribution in [3.05, 3.63) is 126 Å². The molecule has 0 aliphatic heterocycles. The molecule has 0 radical (unpaired) electrons. The molecule has 3 aromatic carbocycles. The lowest BCUT2D eigenvalue weighted by Gasteiger charge is -2.39. The van der Waals surface area contributed by atoms with E-state index in [0.717, 1.165) is 16.7 Å². The molecule has 128 valence electrons. The highest BCUT2D eigenvalue weighted by atomic mass is 16.3. The molecule has 4 rings (SSSR count). The minimum atomic E-state index is -0.846. The molecule has 1 unspecified atom stereocenters. The standard InChI is InChI=1S/C23H20N2O/c26-22(21-16-24-17-25-21)23(18-10-4-1-5-11-18,19-12-6-2-7-13-19)20-14-8-3-9-15-20/h1-17,22,26H,(H,24,25). The van der Waals surface area contributed by atoms with Crippen LogP contribution in [0.2, 0.25) is 0 Å². The third-order valence-corrected chi connectivity index (χ3v) is 4.90. The Kier molecular flexibility index (Phi) is 4.38. The molecule has 0 saturated carbocycles. The Morgan fingerprint density at radius 3 is 1.46 bits per heavy atom. The molecule has 0 aliphatic carbocycles. The van der Waals surface area contributed by atoms with Gasteiger partial charge in [0.15, 0.2) is 0 Å². The molecule has 4 aromatic rings. The number of hydrogen-bond donors (Lipinski definition) is 2. The smallest absolute Gasteiger partial charge is 0.115 e. The second-order valence-corrected chi connectivity index (χ2v) is 6.30. The maximum Gasteiger partial charge on any atom is 0.115 e. The maximum atomic E-state index is 11.6. The molecule has 0 amide bonds. The summed E-state index contributed by atoms with van der Waals surface area (Å²) in [5, 5.41) is 11.6. The van der Waals surface area contributed by atoms with Crippen LogP contribution in [0.15, 0.2) is 104 Å². The maximum absolute atomic E-state index is 11.6. The van der Waals surface area contributed by atoms with Crippen LogP contribution in [-0.4, -0.2) is 15.1 Å². The van der Waals surface area contributed by atoms with Crippen molar-refractivity contribution in [1.82, 2.24) is 9.97 Å². The van der Waals surface area contributed by atoms with Crippen LogP contribution in [0.3, 0.4) is 0 Å². The molecule has 0 saturated heterocycles. The second kappa shape index (κ2) is 6.98. The summed E-state index contributed by atoms with van der Waals surface area (Å²) in [6, 6.07) is 30.4. The molecule has 0 aliphatic rings. The van der Waals surface area contributed by atoms with Gasteiger partial charge in [0.25, 0.3) is 0 Å². The second-order valence-electron chi connectivity index (χ2n) is 6.30. The highest BCUT2D eigenvalue weighted by molar-refractivity contribution is 5.52. The van der Waals surface area contributed by atoms with Crippen LogP contribution in [0, 0.1) is 0 Å². The first-order chi connectivity index (χ1) is 12.8. The van der Waals surface area contributed by atoms with E-state index < -0.39 is 11.5 Å². The third-order valence-electron chi connectivity index (χ3n) is 4.90. The number of benzene rings is 3. The summed E-state index contributed by atoms with van der Waals surface area (Å²) in [5.74, 6) is 0. The summed E-state index contributed by atoms with van der Waals surface area (Å²) >= 11 is 0. The summed E-state index contributed by atoms with van der Waals surface area (Å²) < 4.78 is 0. The zero-order valence-electron chi connectivity index (χ0n) is 14.3. The van der Waals surface area contributed by atoms with Gasteiger partial charge in [-0.2, -0.15) is 0 Å². The number of nitrogens with one attached hydrogen (secondary N) is 1. The van der Waals surface area contributed by atoms with E-state index in [1.165, 1.54) is 0 Å². The third kappa shape index (κ3) is 2.63. The van der Waals surface area contributed by atoms with E-state index in [1.807, 2.05) is 54.6 Å². The van der Waals surface area contributed by atoms with Gasteiger partial charge in [0.2, 0.25) is 0 Å². The summed E-state index contributed by atoms with van der Waals surface area (Å²) in [7, 11) is 0. The molecule has 0 bridgehead atoms. The van der Waals surface area contributed by atoms with E-state index in [-0.39, 0.29) is 0 Å². The van der Waals surface area contributed by atoms with Crippen molar-refractivity contribution < 1.29 is 5.11 Å². The predicted molar refractivity (Wildman–Crippen MR) is 103 cm³/mol. The molecule has 26 heavy (non-hydrogen) atoms. The van der Waals surface area contributed by atoms with Gasteiger partial charge in [0, 0.05) is 6.20 Å². The monoisotopic (exact) mass is 340 g/mol. The average molecular weight is 340 g/mol. The van der Waals surface area contributed by atoms with Crippen molar-refractivity contribution in [1.29, 1.82) is 0 Å². The number of nitrogens with zero attached hydrogens (tertiary/aromatic N) is 1. The van der Waals surface area contributed by atoms with Crippen molar-refractivity contribution in [2.45, 2.75) is 11.5 Å². The number of aromatic nitrogens is 2. The van der Waals surface area contributed by atoms with Crippen molar-refractivity contribution in [3.8, 4) is 0 Å². The van der Waals surface area contributed by atoms with Crippen molar-refractivity contribution >= 4 is 0 Å². The first-order valence-corrected chi connectivity index (χ1v) is 8.67. The quantitative estimate of drug-likeness (QED) is 0.526. The number of aliphatic hydroxyl groups is 1. The summed E-state index contributed by atoms with van der Waals surface area (Å²) in [5.41, 5.74) is 2.91. The number of H-pyrrole nitrogens is 1. The van der Waals surface area contributed by atoms with Gasteiger partial charge < -0.3 is 10.1 Å². The fourth-order valence-electron chi connectivity index (χ4n) is 3.72. The van der Waals surface area contributed by atoms with Gasteiger partial charge in [0.1, 0.15) is 6.10 Å². The fourth-order valence-corrected chi connectivity index (χ4v) is 3.72. The van der Waals surface area contributed by atoms with E-state index in [1.54, 1.807) is 12.5 Å². The first kappa shape index (κ1) is 16.3. The lowest BCUT2D eigenvalue weighted by molar-refractivity contribution is 0.118. The van der Waals surface area contributed by atoms with E-state index >= 15 is 0 Å². The molecule has 1 aromatic heterocycles. The highest BCUT2D eigenvalue weighted by Gasteiger charge is 2.44. The lowest BCUT2D eigenvalue weighted by atomic mass is 9.65. The topological polar surface area (TPSA) is 48.9 Å². The SMILES string of the molecule is OC(c1c[nH]cn1)C(c1ccccc1)(c1ccccc1)c1ccccc1. The Labute approximate surface area is 153 Å². The molecule has 3 nitrogen and oxygen atoms in total. The zero-order chi connectivity index (χ0) is 17.8. The Morgan fingerprint density at radius 2 is 1.12 bits per heavy atom. The van der Waals surface area contributed by atoms with Crippen LogP contribution in [0.1, 0.15) is 28.5 Å². The predicted octanol–water partition coefficient (Wildman–Crippen LogP) is 4.48. The average Bonchev–Trinajstić information content (AvgIpc) is 3.26. The lowest BCUT2D eigenvalue weighted by Crippen LogP contribution is -2.36. The fraction of sp³-hybridized carbons (Fsp3) is 0.0870. The van der Waals surface area contributed by atoms with Gasteiger partial charge in [-0.1, -0.05) is 91.0 Å². The van der Waals surface area contributed by atoms with Gasteiger partial charge in [0.05, 0.1) is 17.4 Å². The zero-order valence-corrected chi connectivity index (χ0v) is 14.3. The van der Waals surface area contributed by atoms with Crippen molar-refractivity contribution in [2.24, 2.45) is 0 Å². The van der Waals surface area contributed by atoms with Crippen LogP contribution in [0.5, 0.6) is 0 Å². The molecule has 1 heterocycles. The molecule has 2 N–H and O–H groups in total. The molecular weight excluding hydrogens is 320 g/mol. The van der Waals surface area contributed by atoms with Gasteiger partial charge in [-0.05, 0) is 16.7 Å². The van der Waals surface area contributed by atoms with E-state index in [4.69, 9.17) is 0 Å². The highest BCUT2D eigenvalue weighted by Crippen LogP contribution is 2.47. The van der Waals surface area contributed by atoms with Crippen molar-refractivity contribution in [3.63, 3.8) is 0 Å². The Hall–Kier alpha value is -3.17. The summed E-state index contributed by atoms with van der Waals surface area (Å²) in [4.78, 5) is 7.32. The van der Waals surface area contributed by atoms with Crippen LogP contribution in [0.4, 0.5) is 0 Å². The number of hydrogen-bond acceptors (Lipinski definition) is 2. The van der Waals surface area contributed by atoms with Crippen LogP contribution in [-0.2, 0) is 5.41 Å². The van der Waals surface area contributed by atoms with Gasteiger partial charge in [-0.3, -0.25) is 0 Å². The Bertz CT molecular complexity index is 839. The van der Waals surface area contributed by atoms with Gasteiger partial charge in [-0.15, -0.1) is 0 Å². The van der Waals surface area contributed by atoms with E-state index in [0.29, 0.717) is 5.69 Å². The van der Waals surface area contributed by atoms with Crippen LogP contribution < -0.4 is 0 Å². The molecule has 3 heteroatoms. The Balaban J connectivity index is 2.07. The normalized spacial score (nSPS) is 12.7. The summed E-state index contributed by atoms with van der Waals surface area (Å²) in [6.45, 7) is 0. The minimum absolute atomic E-state index is 0.613. The van der Waals surface area contributed by atoms with Gasteiger partial charge in [-0.25, -0.2) is 4.98 Å². The van der Waals surface area contributed by atoms with E-state index in [2.05, 4.69) is 46.4 Å².